The smallest absolute Gasteiger partial charge is 0.307 e. The molecule has 5 heteroatoms. The number of nitrogens with zero attached hydrogens (tertiary/aromatic N) is 1. The normalized spacial score (nSPS) is 10.3. The van der Waals surface area contributed by atoms with Gasteiger partial charge in [-0.3, -0.25) is 9.59 Å². The minimum absolute atomic E-state index is 0.00143. The van der Waals surface area contributed by atoms with Gasteiger partial charge < -0.3 is 9.30 Å². The van der Waals surface area contributed by atoms with Crippen LogP contribution in [0.25, 0.3) is 0 Å². The highest BCUT2D eigenvalue weighted by atomic mass is 32.1. The van der Waals surface area contributed by atoms with Gasteiger partial charge >= 0.3 is 4.87 Å². The fourth-order valence-corrected chi connectivity index (χ4v) is 2.21. The summed E-state index contributed by atoms with van der Waals surface area (Å²) in [7, 11) is 0. The van der Waals surface area contributed by atoms with Crippen LogP contribution in [-0.2, 0) is 6.54 Å². The fraction of sp³-hybridized carbons (Fsp3) is 0.231. The van der Waals surface area contributed by atoms with Gasteiger partial charge in [0.2, 0.25) is 0 Å². The first-order valence-corrected chi connectivity index (χ1v) is 6.43. The van der Waals surface area contributed by atoms with E-state index in [4.69, 9.17) is 4.74 Å². The third-order valence-electron chi connectivity index (χ3n) is 2.50. The molecule has 0 saturated heterocycles. The summed E-state index contributed by atoms with van der Waals surface area (Å²) >= 11 is 1.16. The van der Waals surface area contributed by atoms with Crippen LogP contribution in [0.5, 0.6) is 5.75 Å². The van der Waals surface area contributed by atoms with Crippen LogP contribution in [0.2, 0.25) is 0 Å². The third-order valence-corrected chi connectivity index (χ3v) is 3.19. The first kappa shape index (κ1) is 12.6. The predicted molar refractivity (Wildman–Crippen MR) is 70.5 cm³/mol. The molecule has 94 valence electrons. The topological polar surface area (TPSA) is 48.3 Å². The molecule has 0 radical (unpaired) electrons. The van der Waals surface area contributed by atoms with Crippen molar-refractivity contribution in [1.29, 1.82) is 0 Å². The van der Waals surface area contributed by atoms with E-state index in [1.807, 2.05) is 6.07 Å². The lowest BCUT2D eigenvalue weighted by Crippen LogP contribution is -2.17. The number of rotatable bonds is 5. The molecular formula is C13H13NO3S. The summed E-state index contributed by atoms with van der Waals surface area (Å²) < 4.78 is 7.14. The SMILES string of the molecule is CC(=O)c1ccccc1OCCn1ccsc1=O. The number of hydrogen-bond donors (Lipinski definition) is 0. The molecule has 0 saturated carbocycles. The molecule has 0 spiro atoms. The summed E-state index contributed by atoms with van der Waals surface area (Å²) in [5, 5.41) is 1.74. The second-order valence-electron chi connectivity index (χ2n) is 3.76. The molecule has 2 aromatic rings. The molecule has 0 unspecified atom stereocenters. The number of ketones is 1. The molecule has 4 nitrogen and oxygen atoms in total. The van der Waals surface area contributed by atoms with Crippen LogP contribution in [0.1, 0.15) is 17.3 Å². The van der Waals surface area contributed by atoms with Crippen LogP contribution < -0.4 is 9.61 Å². The highest BCUT2D eigenvalue weighted by Crippen LogP contribution is 2.18. The second-order valence-corrected chi connectivity index (χ2v) is 4.62. The number of thiazole rings is 1. The largest absolute Gasteiger partial charge is 0.491 e. The third kappa shape index (κ3) is 2.87. The average Bonchev–Trinajstić information content (AvgIpc) is 2.76. The van der Waals surface area contributed by atoms with E-state index in [0.29, 0.717) is 24.5 Å². The number of aromatic nitrogens is 1. The lowest BCUT2D eigenvalue weighted by Gasteiger charge is -2.09. The van der Waals surface area contributed by atoms with Crippen molar-refractivity contribution in [1.82, 2.24) is 4.57 Å². The van der Waals surface area contributed by atoms with Gasteiger partial charge in [0.05, 0.1) is 12.1 Å². The van der Waals surface area contributed by atoms with Crippen molar-refractivity contribution in [2.24, 2.45) is 0 Å². The Kier molecular flexibility index (Phi) is 3.94. The molecule has 0 aliphatic heterocycles. The zero-order chi connectivity index (χ0) is 13.0. The minimum Gasteiger partial charge on any atom is -0.491 e. The molecule has 1 aromatic carbocycles. The van der Waals surface area contributed by atoms with E-state index in [2.05, 4.69) is 0 Å². The number of benzene rings is 1. The Morgan fingerprint density at radius 2 is 2.17 bits per heavy atom. The molecule has 18 heavy (non-hydrogen) atoms. The maximum atomic E-state index is 11.4. The van der Waals surface area contributed by atoms with E-state index in [1.165, 1.54) is 6.92 Å². The molecule has 0 bridgehead atoms. The van der Waals surface area contributed by atoms with Crippen molar-refractivity contribution in [2.45, 2.75) is 13.5 Å². The second kappa shape index (κ2) is 5.64. The van der Waals surface area contributed by atoms with Crippen molar-refractivity contribution >= 4 is 17.1 Å². The zero-order valence-corrected chi connectivity index (χ0v) is 10.8. The maximum absolute atomic E-state index is 11.4. The number of carbonyl (C=O) groups is 1. The van der Waals surface area contributed by atoms with E-state index in [9.17, 15) is 9.59 Å². The number of Topliss-reactive ketones (excluding diaryl/α,β-unsaturated/α-hetero) is 1. The van der Waals surface area contributed by atoms with E-state index in [1.54, 1.807) is 34.3 Å². The van der Waals surface area contributed by atoms with Crippen molar-refractivity contribution in [3.05, 3.63) is 51.1 Å². The summed E-state index contributed by atoms with van der Waals surface area (Å²) in [6.45, 7) is 2.35. The van der Waals surface area contributed by atoms with Crippen LogP contribution in [0.4, 0.5) is 0 Å². The Hall–Kier alpha value is -1.88. The van der Waals surface area contributed by atoms with Gasteiger partial charge in [-0.05, 0) is 19.1 Å². The van der Waals surface area contributed by atoms with Crippen LogP contribution in [-0.4, -0.2) is 17.0 Å². The van der Waals surface area contributed by atoms with Gasteiger partial charge in [0.25, 0.3) is 0 Å². The Balaban J connectivity index is 2.01. The molecular weight excluding hydrogens is 250 g/mol. The summed E-state index contributed by atoms with van der Waals surface area (Å²) in [4.78, 5) is 22.7. The van der Waals surface area contributed by atoms with Gasteiger partial charge in [0.1, 0.15) is 12.4 Å². The molecule has 1 aromatic heterocycles. The fourth-order valence-electron chi connectivity index (χ4n) is 1.59. The van der Waals surface area contributed by atoms with Gasteiger partial charge in [0.15, 0.2) is 5.78 Å². The van der Waals surface area contributed by atoms with Crippen molar-refractivity contribution in [3.63, 3.8) is 0 Å². The molecule has 1 heterocycles. The van der Waals surface area contributed by atoms with Crippen LogP contribution in [0, 0.1) is 0 Å². The zero-order valence-electron chi connectivity index (χ0n) is 9.96. The van der Waals surface area contributed by atoms with Crippen LogP contribution >= 0.6 is 11.3 Å². The molecule has 0 atom stereocenters. The Morgan fingerprint density at radius 3 is 2.83 bits per heavy atom. The van der Waals surface area contributed by atoms with Gasteiger partial charge in [-0.1, -0.05) is 23.5 Å². The number of carbonyl (C=O) groups excluding carboxylic acids is 1. The molecule has 0 aliphatic carbocycles. The quantitative estimate of drug-likeness (QED) is 0.777. The highest BCUT2D eigenvalue weighted by Gasteiger charge is 2.07. The Bertz CT molecular complexity index is 600. The van der Waals surface area contributed by atoms with Gasteiger partial charge in [-0.25, -0.2) is 0 Å². The summed E-state index contributed by atoms with van der Waals surface area (Å²) in [6, 6.07) is 7.10. The van der Waals surface area contributed by atoms with E-state index < -0.39 is 0 Å². The lowest BCUT2D eigenvalue weighted by atomic mass is 10.1. The molecule has 2 rings (SSSR count). The predicted octanol–water partition coefficient (Wildman–Crippen LogP) is 2.19. The monoisotopic (exact) mass is 263 g/mol. The number of ether oxygens (including phenoxy) is 1. The summed E-state index contributed by atoms with van der Waals surface area (Å²) in [6.07, 6.45) is 1.73. The number of para-hydroxylation sites is 1. The lowest BCUT2D eigenvalue weighted by molar-refractivity contribution is 0.101. The van der Waals surface area contributed by atoms with Crippen LogP contribution in [0.15, 0.2) is 40.6 Å². The first-order chi connectivity index (χ1) is 8.68. The average molecular weight is 263 g/mol. The van der Waals surface area contributed by atoms with Crippen LogP contribution in [0.3, 0.4) is 0 Å². The van der Waals surface area contributed by atoms with Crippen molar-refractivity contribution in [3.8, 4) is 5.75 Å². The van der Waals surface area contributed by atoms with Gasteiger partial charge in [-0.2, -0.15) is 0 Å². The molecule has 0 amide bonds. The minimum atomic E-state index is -0.0294. The first-order valence-electron chi connectivity index (χ1n) is 5.55. The van der Waals surface area contributed by atoms with Crippen molar-refractivity contribution < 1.29 is 9.53 Å². The van der Waals surface area contributed by atoms with E-state index >= 15 is 0 Å². The van der Waals surface area contributed by atoms with E-state index in [0.717, 1.165) is 11.3 Å². The van der Waals surface area contributed by atoms with E-state index in [-0.39, 0.29) is 10.7 Å². The molecule has 0 N–H and O–H groups in total. The summed E-state index contributed by atoms with van der Waals surface area (Å²) in [5.74, 6) is 0.534. The Labute approximate surface area is 108 Å². The highest BCUT2D eigenvalue weighted by molar-refractivity contribution is 7.07. The maximum Gasteiger partial charge on any atom is 0.307 e. The summed E-state index contributed by atoms with van der Waals surface area (Å²) in [5.41, 5.74) is 0.565. The Morgan fingerprint density at radius 1 is 1.39 bits per heavy atom. The standard InChI is InChI=1S/C13H13NO3S/c1-10(15)11-4-2-3-5-12(11)17-8-6-14-7-9-18-13(14)16/h2-5,7,9H,6,8H2,1H3. The van der Waals surface area contributed by atoms with Gasteiger partial charge in [-0.15, -0.1) is 0 Å². The number of hydrogen-bond acceptors (Lipinski definition) is 4. The van der Waals surface area contributed by atoms with Gasteiger partial charge in [0, 0.05) is 11.6 Å². The molecule has 0 fully saturated rings. The van der Waals surface area contributed by atoms with Crippen molar-refractivity contribution in [2.75, 3.05) is 6.61 Å². The molecule has 0 aliphatic rings.